The normalized spacial score (nSPS) is 20.6. The van der Waals surface area contributed by atoms with Crippen molar-refractivity contribution in [1.82, 2.24) is 0 Å². The molecule has 1 aliphatic rings. The summed E-state index contributed by atoms with van der Waals surface area (Å²) in [5.74, 6) is 0.124. The molecule has 1 aliphatic heterocycles. The lowest BCUT2D eigenvalue weighted by atomic mass is 10.1. The van der Waals surface area contributed by atoms with E-state index in [2.05, 4.69) is 0 Å². The maximum absolute atomic E-state index is 12.0. The Labute approximate surface area is 119 Å². The van der Waals surface area contributed by atoms with E-state index in [0.29, 0.717) is 17.0 Å². The largest absolute Gasteiger partial charge is 0.497 e. The molecule has 20 heavy (non-hydrogen) atoms. The Kier molecular flexibility index (Phi) is 4.18. The van der Waals surface area contributed by atoms with Gasteiger partial charge in [0.1, 0.15) is 12.4 Å². The number of hydrogen-bond donors (Lipinski definition) is 1. The second-order valence-corrected chi connectivity index (χ2v) is 5.59. The topological polar surface area (TPSA) is 70.8 Å². The number of nitrogen functional groups attached to an aromatic ring is 1. The fourth-order valence-electron chi connectivity index (χ4n) is 2.28. The van der Waals surface area contributed by atoms with Crippen molar-refractivity contribution in [2.45, 2.75) is 38.4 Å². The van der Waals surface area contributed by atoms with Crippen LogP contribution in [0.3, 0.4) is 0 Å². The number of hydrogen-bond acceptors (Lipinski definition) is 5. The molecule has 0 aliphatic carbocycles. The van der Waals surface area contributed by atoms with E-state index in [1.807, 2.05) is 13.8 Å². The molecular formula is C15H21NO4. The van der Waals surface area contributed by atoms with E-state index in [9.17, 15) is 4.79 Å². The minimum Gasteiger partial charge on any atom is -0.497 e. The number of benzene rings is 1. The van der Waals surface area contributed by atoms with Gasteiger partial charge in [-0.1, -0.05) is 0 Å². The van der Waals surface area contributed by atoms with Crippen molar-refractivity contribution >= 4 is 11.7 Å². The van der Waals surface area contributed by atoms with Gasteiger partial charge in [0.05, 0.1) is 24.4 Å². The van der Waals surface area contributed by atoms with Crippen LogP contribution in [0.15, 0.2) is 18.2 Å². The van der Waals surface area contributed by atoms with Gasteiger partial charge in [-0.15, -0.1) is 0 Å². The highest BCUT2D eigenvalue weighted by Gasteiger charge is 2.32. The van der Waals surface area contributed by atoms with Crippen LogP contribution in [0.5, 0.6) is 5.75 Å². The molecule has 2 N–H and O–H groups in total. The van der Waals surface area contributed by atoms with Crippen molar-refractivity contribution < 1.29 is 19.0 Å². The molecule has 0 radical (unpaired) electrons. The second-order valence-electron chi connectivity index (χ2n) is 5.59. The van der Waals surface area contributed by atoms with E-state index in [1.54, 1.807) is 18.2 Å². The molecule has 1 heterocycles. The van der Waals surface area contributed by atoms with Gasteiger partial charge < -0.3 is 19.9 Å². The summed E-state index contributed by atoms with van der Waals surface area (Å²) >= 11 is 0. The van der Waals surface area contributed by atoms with Crippen molar-refractivity contribution in [3.63, 3.8) is 0 Å². The lowest BCUT2D eigenvalue weighted by Crippen LogP contribution is -2.24. The molecule has 0 spiro atoms. The predicted octanol–water partition coefficient (Wildman–Crippen LogP) is 2.39. The monoisotopic (exact) mass is 279 g/mol. The molecule has 1 aromatic carbocycles. The lowest BCUT2D eigenvalue weighted by Gasteiger charge is -2.19. The summed E-state index contributed by atoms with van der Waals surface area (Å²) in [6.45, 7) is 4.32. The zero-order valence-corrected chi connectivity index (χ0v) is 12.1. The highest BCUT2D eigenvalue weighted by molar-refractivity contribution is 5.95. The van der Waals surface area contributed by atoms with Gasteiger partial charge in [0.2, 0.25) is 0 Å². The Morgan fingerprint density at radius 2 is 2.25 bits per heavy atom. The number of carbonyl (C=O) groups is 1. The van der Waals surface area contributed by atoms with Crippen LogP contribution in [-0.4, -0.2) is 31.4 Å². The van der Waals surface area contributed by atoms with E-state index in [-0.39, 0.29) is 18.3 Å². The number of carbonyl (C=O) groups excluding carboxylic acids is 1. The lowest BCUT2D eigenvalue weighted by molar-refractivity contribution is -0.0444. The van der Waals surface area contributed by atoms with E-state index in [4.69, 9.17) is 19.9 Å². The standard InChI is InChI=1S/C15H21NO4/c1-15(2)7-6-11(20-15)9-19-14(17)12-8-10(18-3)4-5-13(12)16/h4-5,8,11H,6-7,9,16H2,1-3H3. The fraction of sp³-hybridized carbons (Fsp3) is 0.533. The minimum absolute atomic E-state index is 0.0409. The molecule has 5 heteroatoms. The predicted molar refractivity (Wildman–Crippen MR) is 75.9 cm³/mol. The zero-order valence-electron chi connectivity index (χ0n) is 12.1. The molecule has 2 rings (SSSR count). The Bertz CT molecular complexity index is 499. The molecule has 1 fully saturated rings. The maximum atomic E-state index is 12.0. The van der Waals surface area contributed by atoms with E-state index < -0.39 is 5.97 Å². The van der Waals surface area contributed by atoms with Crippen LogP contribution >= 0.6 is 0 Å². The second kappa shape index (κ2) is 5.71. The molecule has 0 bridgehead atoms. The average Bonchev–Trinajstić information content (AvgIpc) is 2.76. The number of anilines is 1. The third-order valence-electron chi connectivity index (χ3n) is 3.43. The number of ether oxygens (including phenoxy) is 3. The van der Waals surface area contributed by atoms with Crippen LogP contribution in [0.1, 0.15) is 37.0 Å². The number of nitrogens with two attached hydrogens (primary N) is 1. The quantitative estimate of drug-likeness (QED) is 0.677. The van der Waals surface area contributed by atoms with Crippen LogP contribution in [0, 0.1) is 0 Å². The van der Waals surface area contributed by atoms with Crippen molar-refractivity contribution in [2.24, 2.45) is 0 Å². The molecule has 1 atom stereocenters. The van der Waals surface area contributed by atoms with Gasteiger partial charge in [-0.3, -0.25) is 0 Å². The summed E-state index contributed by atoms with van der Waals surface area (Å²) in [7, 11) is 1.54. The van der Waals surface area contributed by atoms with Crippen LogP contribution in [0.2, 0.25) is 0 Å². The minimum atomic E-state index is -0.449. The van der Waals surface area contributed by atoms with E-state index >= 15 is 0 Å². The average molecular weight is 279 g/mol. The highest BCUT2D eigenvalue weighted by Crippen LogP contribution is 2.29. The van der Waals surface area contributed by atoms with Gasteiger partial charge in [0.15, 0.2) is 0 Å². The molecule has 1 unspecified atom stereocenters. The fourth-order valence-corrected chi connectivity index (χ4v) is 2.28. The molecule has 5 nitrogen and oxygen atoms in total. The van der Waals surface area contributed by atoms with Gasteiger partial charge in [0, 0.05) is 5.69 Å². The van der Waals surface area contributed by atoms with Crippen molar-refractivity contribution in [3.8, 4) is 5.75 Å². The molecule has 0 aromatic heterocycles. The Morgan fingerprint density at radius 3 is 2.85 bits per heavy atom. The molecule has 1 aromatic rings. The van der Waals surface area contributed by atoms with Gasteiger partial charge >= 0.3 is 5.97 Å². The van der Waals surface area contributed by atoms with Crippen LogP contribution in [0.25, 0.3) is 0 Å². The zero-order chi connectivity index (χ0) is 14.8. The van der Waals surface area contributed by atoms with Crippen molar-refractivity contribution in [2.75, 3.05) is 19.5 Å². The number of esters is 1. The molecular weight excluding hydrogens is 258 g/mol. The van der Waals surface area contributed by atoms with E-state index in [0.717, 1.165) is 12.8 Å². The molecule has 110 valence electrons. The van der Waals surface area contributed by atoms with Gasteiger partial charge in [-0.25, -0.2) is 4.79 Å². The van der Waals surface area contributed by atoms with Gasteiger partial charge in [0.25, 0.3) is 0 Å². The van der Waals surface area contributed by atoms with Crippen molar-refractivity contribution in [1.29, 1.82) is 0 Å². The third-order valence-corrected chi connectivity index (χ3v) is 3.43. The molecule has 0 amide bonds. The van der Waals surface area contributed by atoms with Gasteiger partial charge in [-0.2, -0.15) is 0 Å². The SMILES string of the molecule is COc1ccc(N)c(C(=O)OCC2CCC(C)(C)O2)c1. The summed E-state index contributed by atoms with van der Waals surface area (Å²) in [5, 5.41) is 0. The number of methoxy groups -OCH3 is 1. The first-order valence-corrected chi connectivity index (χ1v) is 6.70. The van der Waals surface area contributed by atoms with Crippen LogP contribution in [-0.2, 0) is 9.47 Å². The molecule has 0 saturated carbocycles. The summed E-state index contributed by atoms with van der Waals surface area (Å²) in [5.41, 5.74) is 6.35. The summed E-state index contributed by atoms with van der Waals surface area (Å²) < 4.78 is 16.1. The number of rotatable bonds is 4. The molecule has 1 saturated heterocycles. The van der Waals surface area contributed by atoms with E-state index in [1.165, 1.54) is 7.11 Å². The Balaban J connectivity index is 1.95. The first-order valence-electron chi connectivity index (χ1n) is 6.70. The first-order chi connectivity index (χ1) is 9.41. The van der Waals surface area contributed by atoms with Gasteiger partial charge in [-0.05, 0) is 44.9 Å². The third kappa shape index (κ3) is 3.42. The summed E-state index contributed by atoms with van der Waals surface area (Å²) in [4.78, 5) is 12.0. The van der Waals surface area contributed by atoms with Crippen LogP contribution < -0.4 is 10.5 Å². The smallest absolute Gasteiger partial charge is 0.340 e. The Hall–Kier alpha value is -1.75. The first kappa shape index (κ1) is 14.7. The summed E-state index contributed by atoms with van der Waals surface area (Å²) in [6, 6.07) is 4.91. The highest BCUT2D eigenvalue weighted by atomic mass is 16.6. The Morgan fingerprint density at radius 1 is 1.50 bits per heavy atom. The van der Waals surface area contributed by atoms with Crippen LogP contribution in [0.4, 0.5) is 5.69 Å². The van der Waals surface area contributed by atoms with Crippen molar-refractivity contribution in [3.05, 3.63) is 23.8 Å². The summed E-state index contributed by atoms with van der Waals surface area (Å²) in [6.07, 6.45) is 1.82. The maximum Gasteiger partial charge on any atom is 0.340 e.